The van der Waals surface area contributed by atoms with Gasteiger partial charge in [0.25, 0.3) is 5.69 Å². The molecule has 0 aromatic heterocycles. The fourth-order valence-corrected chi connectivity index (χ4v) is 1.44. The molecule has 0 fully saturated rings. The minimum absolute atomic E-state index is 0.0288. The van der Waals surface area contributed by atoms with E-state index >= 15 is 0 Å². The number of hydrogen-bond acceptors (Lipinski definition) is 4. The molecule has 6 nitrogen and oxygen atoms in total. The Labute approximate surface area is 104 Å². The van der Waals surface area contributed by atoms with Crippen molar-refractivity contribution in [2.75, 3.05) is 11.9 Å². The topological polar surface area (TPSA) is 92.5 Å². The van der Waals surface area contributed by atoms with Gasteiger partial charge in [-0.2, -0.15) is 0 Å². The lowest BCUT2D eigenvalue weighted by Gasteiger charge is -2.08. The Hall–Kier alpha value is -2.37. The first kappa shape index (κ1) is 13.7. The summed E-state index contributed by atoms with van der Waals surface area (Å²) in [5.41, 5.74) is 0.163. The van der Waals surface area contributed by atoms with Crippen molar-refractivity contribution < 1.29 is 14.8 Å². The molecule has 1 aromatic rings. The molecule has 2 N–H and O–H groups in total. The molecule has 1 rings (SSSR count). The second-order valence-corrected chi connectivity index (χ2v) is 3.58. The van der Waals surface area contributed by atoms with Crippen molar-refractivity contribution in [3.63, 3.8) is 0 Å². The second kappa shape index (κ2) is 6.39. The maximum absolute atomic E-state index is 11.0. The van der Waals surface area contributed by atoms with E-state index < -0.39 is 10.9 Å². The van der Waals surface area contributed by atoms with E-state index in [1.807, 2.05) is 19.1 Å². The van der Waals surface area contributed by atoms with E-state index in [1.54, 1.807) is 0 Å². The zero-order valence-electron chi connectivity index (χ0n) is 9.92. The molecule has 1 aromatic carbocycles. The van der Waals surface area contributed by atoms with Crippen LogP contribution in [0.1, 0.15) is 23.7 Å². The van der Waals surface area contributed by atoms with Gasteiger partial charge in [0.2, 0.25) is 0 Å². The largest absolute Gasteiger partial charge is 0.478 e. The van der Waals surface area contributed by atoms with Gasteiger partial charge in [-0.3, -0.25) is 10.1 Å². The molecular weight excluding hydrogens is 236 g/mol. The van der Waals surface area contributed by atoms with E-state index in [9.17, 15) is 14.9 Å². The number of rotatable bonds is 6. The molecular formula is C12H14N2O4. The number of anilines is 1. The summed E-state index contributed by atoms with van der Waals surface area (Å²) in [6.45, 7) is 2.40. The Morgan fingerprint density at radius 3 is 2.83 bits per heavy atom. The summed E-state index contributed by atoms with van der Waals surface area (Å²) in [5.74, 6) is -1.11. The molecule has 0 saturated heterocycles. The highest BCUT2D eigenvalue weighted by molar-refractivity contribution is 5.94. The monoisotopic (exact) mass is 250 g/mol. The molecule has 0 aliphatic rings. The van der Waals surface area contributed by atoms with Gasteiger partial charge in [0.1, 0.15) is 0 Å². The number of nitro groups is 1. The summed E-state index contributed by atoms with van der Waals surface area (Å²) in [4.78, 5) is 21.0. The number of carbonyl (C=O) groups is 1. The van der Waals surface area contributed by atoms with Crippen LogP contribution in [-0.4, -0.2) is 22.5 Å². The molecule has 0 heterocycles. The minimum Gasteiger partial charge on any atom is -0.478 e. The zero-order chi connectivity index (χ0) is 13.5. The van der Waals surface area contributed by atoms with Gasteiger partial charge in [0.05, 0.1) is 16.2 Å². The fraction of sp³-hybridized carbons (Fsp3) is 0.250. The molecule has 0 amide bonds. The maximum atomic E-state index is 11.0. The van der Waals surface area contributed by atoms with Gasteiger partial charge >= 0.3 is 5.97 Å². The quantitative estimate of drug-likeness (QED) is 0.350. The Bertz CT molecular complexity index is 483. The number of benzene rings is 1. The third kappa shape index (κ3) is 3.58. The van der Waals surface area contributed by atoms with E-state index in [0.717, 1.165) is 6.42 Å². The van der Waals surface area contributed by atoms with Gasteiger partial charge in [0.15, 0.2) is 0 Å². The van der Waals surface area contributed by atoms with Crippen molar-refractivity contribution in [2.24, 2.45) is 0 Å². The number of nitrogens with zero attached hydrogens (tertiary/aromatic N) is 1. The van der Waals surface area contributed by atoms with Crippen LogP contribution in [0.5, 0.6) is 0 Å². The average molecular weight is 250 g/mol. The van der Waals surface area contributed by atoms with Crippen LogP contribution in [0.25, 0.3) is 0 Å². The summed E-state index contributed by atoms with van der Waals surface area (Å²) in [6.07, 6.45) is 4.52. The van der Waals surface area contributed by atoms with Crippen LogP contribution in [0.15, 0.2) is 30.4 Å². The van der Waals surface area contributed by atoms with E-state index in [2.05, 4.69) is 5.32 Å². The van der Waals surface area contributed by atoms with Crippen LogP contribution in [0.2, 0.25) is 0 Å². The number of allylic oxidation sites excluding steroid dienone is 1. The first-order valence-corrected chi connectivity index (χ1v) is 5.43. The van der Waals surface area contributed by atoms with E-state index in [0.29, 0.717) is 6.54 Å². The van der Waals surface area contributed by atoms with Crippen LogP contribution < -0.4 is 5.32 Å². The van der Waals surface area contributed by atoms with E-state index in [4.69, 9.17) is 5.11 Å². The second-order valence-electron chi connectivity index (χ2n) is 3.58. The number of nitro benzene ring substituents is 1. The van der Waals surface area contributed by atoms with Gasteiger partial charge in [0, 0.05) is 18.7 Å². The Kier molecular flexibility index (Phi) is 4.86. The number of non-ortho nitro benzene ring substituents is 1. The molecule has 0 radical (unpaired) electrons. The van der Waals surface area contributed by atoms with Crippen LogP contribution in [-0.2, 0) is 0 Å². The standard InChI is InChI=1S/C12H14N2O4/c1-2-3-4-7-13-11-8-9(14(17)18)5-6-10(11)12(15)16/h2-3,5-6,8,13H,4,7H2,1H3,(H,15,16)/b3-2+. The van der Waals surface area contributed by atoms with Gasteiger partial charge in [-0.15, -0.1) is 0 Å². The number of aromatic carboxylic acids is 1. The lowest BCUT2D eigenvalue weighted by Crippen LogP contribution is -2.07. The van der Waals surface area contributed by atoms with Crippen molar-refractivity contribution in [2.45, 2.75) is 13.3 Å². The molecule has 18 heavy (non-hydrogen) atoms. The predicted octanol–water partition coefficient (Wildman–Crippen LogP) is 2.67. The van der Waals surface area contributed by atoms with Crippen molar-refractivity contribution >= 4 is 17.3 Å². The number of nitrogens with one attached hydrogen (secondary N) is 1. The highest BCUT2D eigenvalue weighted by Gasteiger charge is 2.14. The Morgan fingerprint density at radius 1 is 1.56 bits per heavy atom. The van der Waals surface area contributed by atoms with Gasteiger partial charge in [-0.1, -0.05) is 12.2 Å². The lowest BCUT2D eigenvalue weighted by molar-refractivity contribution is -0.384. The number of carboxylic acids is 1. The van der Waals surface area contributed by atoms with Crippen molar-refractivity contribution in [1.82, 2.24) is 0 Å². The summed E-state index contributed by atoms with van der Waals surface area (Å²) in [7, 11) is 0. The Balaban J connectivity index is 2.93. The van der Waals surface area contributed by atoms with E-state index in [1.165, 1.54) is 18.2 Å². The molecule has 96 valence electrons. The smallest absolute Gasteiger partial charge is 0.337 e. The number of hydrogen-bond donors (Lipinski definition) is 2. The molecule has 0 bridgehead atoms. The van der Waals surface area contributed by atoms with Crippen LogP contribution in [0.3, 0.4) is 0 Å². The fourth-order valence-electron chi connectivity index (χ4n) is 1.44. The first-order chi connectivity index (χ1) is 8.56. The van der Waals surface area contributed by atoms with Crippen molar-refractivity contribution in [3.05, 3.63) is 46.0 Å². The third-order valence-electron chi connectivity index (χ3n) is 2.31. The van der Waals surface area contributed by atoms with Gasteiger partial charge < -0.3 is 10.4 Å². The minimum atomic E-state index is -1.11. The maximum Gasteiger partial charge on any atom is 0.337 e. The molecule has 0 spiro atoms. The van der Waals surface area contributed by atoms with Crippen molar-refractivity contribution in [1.29, 1.82) is 0 Å². The van der Waals surface area contributed by atoms with Gasteiger partial charge in [-0.05, 0) is 19.4 Å². The normalized spacial score (nSPS) is 10.5. The predicted molar refractivity (Wildman–Crippen MR) is 68.0 cm³/mol. The van der Waals surface area contributed by atoms with E-state index in [-0.39, 0.29) is 16.9 Å². The van der Waals surface area contributed by atoms with Gasteiger partial charge in [-0.25, -0.2) is 4.79 Å². The van der Waals surface area contributed by atoms with Crippen LogP contribution in [0.4, 0.5) is 11.4 Å². The molecule has 0 unspecified atom stereocenters. The average Bonchev–Trinajstić information content (AvgIpc) is 2.34. The molecule has 0 atom stereocenters. The lowest BCUT2D eigenvalue weighted by atomic mass is 10.1. The van der Waals surface area contributed by atoms with Crippen LogP contribution in [0, 0.1) is 10.1 Å². The van der Waals surface area contributed by atoms with Crippen molar-refractivity contribution in [3.8, 4) is 0 Å². The molecule has 6 heteroatoms. The molecule has 0 aliphatic carbocycles. The van der Waals surface area contributed by atoms with Crippen LogP contribution >= 0.6 is 0 Å². The summed E-state index contributed by atoms with van der Waals surface area (Å²) >= 11 is 0. The highest BCUT2D eigenvalue weighted by Crippen LogP contribution is 2.22. The highest BCUT2D eigenvalue weighted by atomic mass is 16.6. The summed E-state index contributed by atoms with van der Waals surface area (Å²) in [5, 5.41) is 22.5. The number of carboxylic acid groups (broad SMARTS) is 1. The third-order valence-corrected chi connectivity index (χ3v) is 2.31. The SMILES string of the molecule is C/C=C/CCNc1cc([N+](=O)[O-])ccc1C(=O)O. The Morgan fingerprint density at radius 2 is 2.28 bits per heavy atom. The molecule has 0 aliphatic heterocycles. The summed E-state index contributed by atoms with van der Waals surface area (Å²) in [6, 6.07) is 3.65. The first-order valence-electron chi connectivity index (χ1n) is 5.43. The molecule has 0 saturated carbocycles. The summed E-state index contributed by atoms with van der Waals surface area (Å²) < 4.78 is 0. The zero-order valence-corrected chi connectivity index (χ0v) is 9.92.